The molecule has 0 unspecified atom stereocenters. The summed E-state index contributed by atoms with van der Waals surface area (Å²) in [4.78, 5) is 26.9. The highest BCUT2D eigenvalue weighted by atomic mass is 16.2. The van der Waals surface area contributed by atoms with Crippen LogP contribution in [0.4, 0.5) is 0 Å². The van der Waals surface area contributed by atoms with Gasteiger partial charge in [0.05, 0.1) is 6.54 Å². The number of rotatable bonds is 9. The zero-order valence-electron chi connectivity index (χ0n) is 16.8. The number of primary amides is 1. The number of amides is 2. The standard InChI is InChI=1S/C21H33N5O2/c1-23-21(24-13-5-8-16-6-3-2-4-7-16)26-14-17-9-11-18(12-10-17)20(28)25-15-19(22)27/h9-12,16H,2-8,13-15H2,1H3,(H2,22,27)(H,25,28)(H2,23,24,26). The van der Waals surface area contributed by atoms with Crippen LogP contribution in [0.1, 0.15) is 60.9 Å². The molecule has 5 N–H and O–H groups in total. The second kappa shape index (κ2) is 12.0. The van der Waals surface area contributed by atoms with E-state index in [2.05, 4.69) is 20.9 Å². The van der Waals surface area contributed by atoms with Gasteiger partial charge in [0.15, 0.2) is 5.96 Å². The number of benzene rings is 1. The van der Waals surface area contributed by atoms with Gasteiger partial charge in [0.25, 0.3) is 5.91 Å². The van der Waals surface area contributed by atoms with Gasteiger partial charge in [-0.2, -0.15) is 0 Å². The number of guanidine groups is 1. The molecule has 1 aliphatic carbocycles. The smallest absolute Gasteiger partial charge is 0.251 e. The zero-order chi connectivity index (χ0) is 20.2. The summed E-state index contributed by atoms with van der Waals surface area (Å²) in [6, 6.07) is 7.21. The monoisotopic (exact) mass is 387 g/mol. The fourth-order valence-corrected chi connectivity index (χ4v) is 3.52. The lowest BCUT2D eigenvalue weighted by molar-refractivity contribution is -0.117. The number of hydrogen-bond donors (Lipinski definition) is 4. The van der Waals surface area contributed by atoms with E-state index in [0.717, 1.165) is 24.0 Å². The van der Waals surface area contributed by atoms with E-state index in [1.54, 1.807) is 19.2 Å². The second-order valence-electron chi connectivity index (χ2n) is 7.34. The Bertz CT molecular complexity index is 651. The minimum atomic E-state index is -0.563. The lowest BCUT2D eigenvalue weighted by atomic mass is 9.86. The van der Waals surface area contributed by atoms with E-state index in [0.29, 0.717) is 12.1 Å². The minimum absolute atomic E-state index is 0.162. The molecule has 0 radical (unpaired) electrons. The molecule has 2 amide bonds. The summed E-state index contributed by atoms with van der Waals surface area (Å²) in [5.41, 5.74) is 6.56. The molecule has 1 aliphatic rings. The van der Waals surface area contributed by atoms with Crippen molar-refractivity contribution < 1.29 is 9.59 Å². The van der Waals surface area contributed by atoms with Gasteiger partial charge < -0.3 is 21.7 Å². The van der Waals surface area contributed by atoms with Crippen LogP contribution >= 0.6 is 0 Å². The summed E-state index contributed by atoms with van der Waals surface area (Å²) in [7, 11) is 1.77. The van der Waals surface area contributed by atoms with E-state index >= 15 is 0 Å². The number of nitrogens with zero attached hydrogens (tertiary/aromatic N) is 1. The number of hydrogen-bond acceptors (Lipinski definition) is 3. The molecule has 1 aromatic carbocycles. The summed E-state index contributed by atoms with van der Waals surface area (Å²) in [6.07, 6.45) is 9.45. The van der Waals surface area contributed by atoms with Gasteiger partial charge >= 0.3 is 0 Å². The van der Waals surface area contributed by atoms with E-state index in [4.69, 9.17) is 5.73 Å². The number of carbonyl (C=O) groups is 2. The number of nitrogens with two attached hydrogens (primary N) is 1. The van der Waals surface area contributed by atoms with E-state index in [1.165, 1.54) is 44.9 Å². The van der Waals surface area contributed by atoms with Crippen molar-refractivity contribution in [3.8, 4) is 0 Å². The summed E-state index contributed by atoms with van der Waals surface area (Å²) < 4.78 is 0. The third-order valence-corrected chi connectivity index (χ3v) is 5.13. The first kappa shape index (κ1) is 21.7. The van der Waals surface area contributed by atoms with Crippen LogP contribution in [0, 0.1) is 5.92 Å². The highest BCUT2D eigenvalue weighted by molar-refractivity contribution is 5.96. The predicted molar refractivity (Wildman–Crippen MR) is 112 cm³/mol. The molecule has 7 nitrogen and oxygen atoms in total. The van der Waals surface area contributed by atoms with E-state index in [9.17, 15) is 9.59 Å². The Labute approximate surface area is 167 Å². The van der Waals surface area contributed by atoms with Crippen molar-refractivity contribution in [2.24, 2.45) is 16.6 Å². The van der Waals surface area contributed by atoms with Crippen LogP contribution < -0.4 is 21.7 Å². The molecule has 0 bridgehead atoms. The predicted octanol–water partition coefficient (Wildman–Crippen LogP) is 1.93. The van der Waals surface area contributed by atoms with Crippen molar-refractivity contribution in [3.05, 3.63) is 35.4 Å². The van der Waals surface area contributed by atoms with Crippen molar-refractivity contribution in [2.75, 3.05) is 20.1 Å². The zero-order valence-corrected chi connectivity index (χ0v) is 16.8. The Hall–Kier alpha value is -2.57. The van der Waals surface area contributed by atoms with Gasteiger partial charge in [0.2, 0.25) is 5.91 Å². The highest BCUT2D eigenvalue weighted by Crippen LogP contribution is 2.26. The molecule has 0 atom stereocenters. The molecule has 1 fully saturated rings. The molecule has 28 heavy (non-hydrogen) atoms. The van der Waals surface area contributed by atoms with Gasteiger partial charge in [-0.15, -0.1) is 0 Å². The van der Waals surface area contributed by atoms with Crippen LogP contribution in [0.25, 0.3) is 0 Å². The van der Waals surface area contributed by atoms with Crippen molar-refractivity contribution in [1.82, 2.24) is 16.0 Å². The summed E-state index contributed by atoms with van der Waals surface area (Å²) in [5, 5.41) is 9.13. The minimum Gasteiger partial charge on any atom is -0.368 e. The maximum Gasteiger partial charge on any atom is 0.251 e. The topological polar surface area (TPSA) is 109 Å². The Morgan fingerprint density at radius 2 is 1.79 bits per heavy atom. The molecule has 0 spiro atoms. The Kier molecular flexibility index (Phi) is 9.31. The van der Waals surface area contributed by atoms with Gasteiger partial charge in [-0.25, -0.2) is 0 Å². The van der Waals surface area contributed by atoms with Gasteiger partial charge in [0.1, 0.15) is 0 Å². The first-order chi connectivity index (χ1) is 13.6. The quantitative estimate of drug-likeness (QED) is 0.295. The average Bonchev–Trinajstić information content (AvgIpc) is 2.72. The average molecular weight is 388 g/mol. The van der Waals surface area contributed by atoms with Gasteiger partial charge in [-0.1, -0.05) is 44.2 Å². The number of nitrogens with one attached hydrogen (secondary N) is 3. The molecule has 1 saturated carbocycles. The van der Waals surface area contributed by atoms with Crippen molar-refractivity contribution in [3.63, 3.8) is 0 Å². The first-order valence-electron chi connectivity index (χ1n) is 10.2. The van der Waals surface area contributed by atoms with Crippen molar-refractivity contribution in [1.29, 1.82) is 0 Å². The van der Waals surface area contributed by atoms with Crippen LogP contribution in [0.3, 0.4) is 0 Å². The lowest BCUT2D eigenvalue weighted by Gasteiger charge is -2.21. The Morgan fingerprint density at radius 3 is 2.43 bits per heavy atom. The van der Waals surface area contributed by atoms with Crippen molar-refractivity contribution >= 4 is 17.8 Å². The van der Waals surface area contributed by atoms with E-state index in [-0.39, 0.29) is 12.5 Å². The fraction of sp³-hybridized carbons (Fsp3) is 0.571. The SMILES string of the molecule is CN=C(NCCCC1CCCCC1)NCc1ccc(C(=O)NCC(N)=O)cc1. The number of carbonyl (C=O) groups excluding carboxylic acids is 2. The molecule has 7 heteroatoms. The molecule has 0 aliphatic heterocycles. The number of aliphatic imine (C=N–C) groups is 1. The molecule has 0 heterocycles. The molecule has 2 rings (SSSR count). The molecule has 0 aromatic heterocycles. The van der Waals surface area contributed by atoms with Gasteiger partial charge in [-0.3, -0.25) is 14.6 Å². The molecular formula is C21H33N5O2. The normalized spacial score (nSPS) is 15.1. The molecule has 154 valence electrons. The van der Waals surface area contributed by atoms with Crippen LogP contribution in [0.15, 0.2) is 29.3 Å². The maximum atomic E-state index is 11.9. The van der Waals surface area contributed by atoms with Crippen LogP contribution in [-0.2, 0) is 11.3 Å². The van der Waals surface area contributed by atoms with E-state index in [1.807, 2.05) is 12.1 Å². The Morgan fingerprint density at radius 1 is 1.07 bits per heavy atom. The highest BCUT2D eigenvalue weighted by Gasteiger charge is 2.12. The van der Waals surface area contributed by atoms with E-state index < -0.39 is 5.91 Å². The lowest BCUT2D eigenvalue weighted by Crippen LogP contribution is -2.37. The third kappa shape index (κ3) is 7.98. The first-order valence-corrected chi connectivity index (χ1v) is 10.2. The van der Waals surface area contributed by atoms with Crippen LogP contribution in [-0.4, -0.2) is 37.9 Å². The maximum absolute atomic E-state index is 11.9. The summed E-state index contributed by atoms with van der Waals surface area (Å²) >= 11 is 0. The third-order valence-electron chi connectivity index (χ3n) is 5.13. The van der Waals surface area contributed by atoms with Crippen LogP contribution in [0.2, 0.25) is 0 Å². The largest absolute Gasteiger partial charge is 0.368 e. The van der Waals surface area contributed by atoms with Gasteiger partial charge in [-0.05, 0) is 36.5 Å². The second-order valence-corrected chi connectivity index (χ2v) is 7.34. The molecule has 0 saturated heterocycles. The van der Waals surface area contributed by atoms with Crippen molar-refractivity contribution in [2.45, 2.75) is 51.5 Å². The summed E-state index contributed by atoms with van der Waals surface area (Å²) in [5.74, 6) is 0.816. The molecular weight excluding hydrogens is 354 g/mol. The molecule has 1 aromatic rings. The van der Waals surface area contributed by atoms with Crippen LogP contribution in [0.5, 0.6) is 0 Å². The van der Waals surface area contributed by atoms with Gasteiger partial charge in [0, 0.05) is 25.7 Å². The Balaban J connectivity index is 1.67. The fourth-order valence-electron chi connectivity index (χ4n) is 3.52. The summed E-state index contributed by atoms with van der Waals surface area (Å²) in [6.45, 7) is 1.38.